The number of rotatable bonds is 5. The van der Waals surface area contributed by atoms with Crippen LogP contribution in [0.4, 0.5) is 5.69 Å². The average molecular weight is 341 g/mol. The summed E-state index contributed by atoms with van der Waals surface area (Å²) in [6, 6.07) is 15.5. The van der Waals surface area contributed by atoms with Crippen molar-refractivity contribution in [3.05, 3.63) is 59.7 Å². The maximum Gasteiger partial charge on any atom is 0.287 e. The first kappa shape index (κ1) is 17.5. The number of carbonyl (C=O) groups excluding carboxylic acids is 1. The zero-order valence-electron chi connectivity index (χ0n) is 14.7. The standard InChI is InChI=1S/C20H24N2O3/c1-15-8-9-18(24-2)17(14-15)21-20(23)19(16-6-4-3-5-7-16)22-10-12-25-13-11-22/h3-9,14,19H,10-13H2,1-2H3,(H,21,23)/p+1/t19-/m0/s1. The second-order valence-corrected chi connectivity index (χ2v) is 6.31. The molecule has 5 heteroatoms. The largest absolute Gasteiger partial charge is 0.495 e. The molecule has 0 aliphatic carbocycles. The van der Waals surface area contributed by atoms with Crippen molar-refractivity contribution in [2.24, 2.45) is 0 Å². The number of benzene rings is 2. The summed E-state index contributed by atoms with van der Waals surface area (Å²) >= 11 is 0. The van der Waals surface area contributed by atoms with Gasteiger partial charge in [-0.25, -0.2) is 0 Å². The Labute approximate surface area is 148 Å². The van der Waals surface area contributed by atoms with Crippen molar-refractivity contribution in [2.45, 2.75) is 13.0 Å². The van der Waals surface area contributed by atoms with Gasteiger partial charge in [-0.2, -0.15) is 0 Å². The van der Waals surface area contributed by atoms with E-state index in [-0.39, 0.29) is 11.9 Å². The van der Waals surface area contributed by atoms with Gasteiger partial charge in [0.1, 0.15) is 18.8 Å². The van der Waals surface area contributed by atoms with Gasteiger partial charge >= 0.3 is 0 Å². The van der Waals surface area contributed by atoms with E-state index in [0.717, 1.165) is 24.2 Å². The van der Waals surface area contributed by atoms with E-state index in [1.165, 1.54) is 4.90 Å². The molecular weight excluding hydrogens is 316 g/mol. The van der Waals surface area contributed by atoms with E-state index >= 15 is 0 Å². The van der Waals surface area contributed by atoms with Gasteiger partial charge in [-0.3, -0.25) is 4.79 Å². The molecule has 3 rings (SSSR count). The van der Waals surface area contributed by atoms with Crippen molar-refractivity contribution in [3.8, 4) is 5.75 Å². The van der Waals surface area contributed by atoms with Gasteiger partial charge in [-0.05, 0) is 24.6 Å². The molecule has 25 heavy (non-hydrogen) atoms. The topological polar surface area (TPSA) is 52.0 Å². The first-order valence-electron chi connectivity index (χ1n) is 8.62. The first-order valence-corrected chi connectivity index (χ1v) is 8.62. The number of methoxy groups -OCH3 is 1. The van der Waals surface area contributed by atoms with Crippen molar-refractivity contribution in [2.75, 3.05) is 38.7 Å². The fourth-order valence-electron chi connectivity index (χ4n) is 3.26. The van der Waals surface area contributed by atoms with Crippen LogP contribution in [0.5, 0.6) is 5.75 Å². The molecule has 2 aromatic carbocycles. The molecule has 0 saturated carbocycles. The molecule has 2 aromatic rings. The lowest BCUT2D eigenvalue weighted by Gasteiger charge is -2.31. The van der Waals surface area contributed by atoms with E-state index in [2.05, 4.69) is 5.32 Å². The summed E-state index contributed by atoms with van der Waals surface area (Å²) in [5.74, 6) is 0.648. The highest BCUT2D eigenvalue weighted by molar-refractivity contribution is 5.96. The molecule has 1 saturated heterocycles. The van der Waals surface area contributed by atoms with E-state index in [4.69, 9.17) is 9.47 Å². The monoisotopic (exact) mass is 341 g/mol. The van der Waals surface area contributed by atoms with E-state index in [1.54, 1.807) is 7.11 Å². The van der Waals surface area contributed by atoms with Gasteiger partial charge in [-0.15, -0.1) is 0 Å². The summed E-state index contributed by atoms with van der Waals surface area (Å²) in [6.07, 6.45) is 0. The maximum absolute atomic E-state index is 13.2. The normalized spacial score (nSPS) is 16.2. The summed E-state index contributed by atoms with van der Waals surface area (Å²) < 4.78 is 10.9. The second-order valence-electron chi connectivity index (χ2n) is 6.31. The summed E-state index contributed by atoms with van der Waals surface area (Å²) in [7, 11) is 1.61. The second kappa shape index (κ2) is 8.14. The lowest BCUT2D eigenvalue weighted by atomic mass is 10.0. The number of hydrogen-bond acceptors (Lipinski definition) is 3. The minimum atomic E-state index is -0.268. The number of quaternary nitrogens is 1. The number of hydrogen-bond donors (Lipinski definition) is 2. The third-order valence-electron chi connectivity index (χ3n) is 4.55. The molecule has 2 N–H and O–H groups in total. The fourth-order valence-corrected chi connectivity index (χ4v) is 3.26. The molecule has 132 valence electrons. The van der Waals surface area contributed by atoms with Crippen molar-refractivity contribution >= 4 is 11.6 Å². The fraction of sp³-hybridized carbons (Fsp3) is 0.350. The third kappa shape index (κ3) is 4.18. The molecule has 0 spiro atoms. The quantitative estimate of drug-likeness (QED) is 0.869. The molecule has 1 amide bonds. The summed E-state index contributed by atoms with van der Waals surface area (Å²) in [5, 5.41) is 3.07. The van der Waals surface area contributed by atoms with Gasteiger partial charge in [0.2, 0.25) is 0 Å². The molecule has 5 nitrogen and oxygen atoms in total. The van der Waals surface area contributed by atoms with Crippen LogP contribution in [0.25, 0.3) is 0 Å². The van der Waals surface area contributed by atoms with Crippen LogP contribution in [0.3, 0.4) is 0 Å². The predicted molar refractivity (Wildman–Crippen MR) is 97.1 cm³/mol. The van der Waals surface area contributed by atoms with E-state index in [1.807, 2.05) is 55.5 Å². The van der Waals surface area contributed by atoms with Gasteiger partial charge in [0.05, 0.1) is 26.0 Å². The number of amides is 1. The van der Waals surface area contributed by atoms with Crippen LogP contribution in [0.1, 0.15) is 17.2 Å². The van der Waals surface area contributed by atoms with Crippen LogP contribution in [-0.2, 0) is 9.53 Å². The van der Waals surface area contributed by atoms with Gasteiger partial charge in [0.25, 0.3) is 5.91 Å². The Balaban J connectivity index is 1.88. The Morgan fingerprint density at radius 1 is 1.16 bits per heavy atom. The van der Waals surface area contributed by atoms with Crippen LogP contribution < -0.4 is 15.0 Å². The molecule has 1 atom stereocenters. The highest BCUT2D eigenvalue weighted by Crippen LogP contribution is 2.26. The van der Waals surface area contributed by atoms with Crippen molar-refractivity contribution in [3.63, 3.8) is 0 Å². The minimum Gasteiger partial charge on any atom is -0.495 e. The third-order valence-corrected chi connectivity index (χ3v) is 4.55. The zero-order chi connectivity index (χ0) is 17.6. The molecule has 0 unspecified atom stereocenters. The van der Waals surface area contributed by atoms with Crippen LogP contribution in [0.2, 0.25) is 0 Å². The Morgan fingerprint density at radius 3 is 2.56 bits per heavy atom. The lowest BCUT2D eigenvalue weighted by molar-refractivity contribution is -0.929. The Morgan fingerprint density at radius 2 is 1.88 bits per heavy atom. The number of carbonyl (C=O) groups is 1. The van der Waals surface area contributed by atoms with Gasteiger partial charge in [-0.1, -0.05) is 36.4 Å². The summed E-state index contributed by atoms with van der Waals surface area (Å²) in [6.45, 7) is 4.99. The maximum atomic E-state index is 13.2. The Hall–Kier alpha value is -2.37. The van der Waals surface area contributed by atoms with Crippen LogP contribution in [-0.4, -0.2) is 39.3 Å². The first-order chi connectivity index (χ1) is 12.2. The summed E-state index contributed by atoms with van der Waals surface area (Å²) in [5.41, 5.74) is 2.80. The highest BCUT2D eigenvalue weighted by Gasteiger charge is 2.33. The zero-order valence-corrected chi connectivity index (χ0v) is 14.7. The molecule has 0 aromatic heterocycles. The smallest absolute Gasteiger partial charge is 0.287 e. The highest BCUT2D eigenvalue weighted by atomic mass is 16.5. The predicted octanol–water partition coefficient (Wildman–Crippen LogP) is 1.60. The number of ether oxygens (including phenoxy) is 2. The van der Waals surface area contributed by atoms with Gasteiger partial charge < -0.3 is 19.7 Å². The van der Waals surface area contributed by atoms with E-state index in [9.17, 15) is 4.79 Å². The average Bonchev–Trinajstić information content (AvgIpc) is 2.64. The number of aryl methyl sites for hydroxylation is 1. The molecule has 1 aliphatic rings. The molecule has 1 fully saturated rings. The molecule has 0 bridgehead atoms. The number of anilines is 1. The van der Waals surface area contributed by atoms with Crippen LogP contribution in [0.15, 0.2) is 48.5 Å². The van der Waals surface area contributed by atoms with Crippen molar-refractivity contribution in [1.82, 2.24) is 0 Å². The number of morpholine rings is 1. The van der Waals surface area contributed by atoms with E-state index in [0.29, 0.717) is 24.7 Å². The van der Waals surface area contributed by atoms with E-state index < -0.39 is 0 Å². The Kier molecular flexibility index (Phi) is 5.68. The minimum absolute atomic E-state index is 0.0213. The molecule has 0 radical (unpaired) electrons. The Bertz CT molecular complexity index is 712. The van der Waals surface area contributed by atoms with Gasteiger partial charge in [0.15, 0.2) is 6.04 Å². The SMILES string of the molecule is COc1ccc(C)cc1NC(=O)[C@H](c1ccccc1)[NH+]1CCOCC1. The molecular formula is C20H25N2O3+. The van der Waals surface area contributed by atoms with Crippen molar-refractivity contribution in [1.29, 1.82) is 0 Å². The van der Waals surface area contributed by atoms with Crippen molar-refractivity contribution < 1.29 is 19.2 Å². The molecule has 1 aliphatic heterocycles. The molecule has 1 heterocycles. The van der Waals surface area contributed by atoms with Crippen LogP contribution >= 0.6 is 0 Å². The summed E-state index contributed by atoms with van der Waals surface area (Å²) in [4.78, 5) is 14.4. The number of nitrogens with one attached hydrogen (secondary N) is 2. The van der Waals surface area contributed by atoms with Crippen LogP contribution in [0, 0.1) is 6.92 Å². The van der Waals surface area contributed by atoms with Gasteiger partial charge in [0, 0.05) is 5.56 Å². The lowest BCUT2D eigenvalue weighted by Crippen LogP contribution is -3.15.